The van der Waals surface area contributed by atoms with E-state index in [1.807, 2.05) is 13.8 Å². The van der Waals surface area contributed by atoms with Crippen LogP contribution in [0.1, 0.15) is 18.3 Å². The molecule has 0 spiro atoms. The third-order valence-corrected chi connectivity index (χ3v) is 2.06. The van der Waals surface area contributed by atoms with E-state index in [2.05, 4.69) is 15.3 Å². The van der Waals surface area contributed by atoms with Crippen LogP contribution in [0.15, 0.2) is 6.33 Å². The van der Waals surface area contributed by atoms with Crippen LogP contribution in [0.2, 0.25) is 0 Å². The molecule has 1 heterocycles. The summed E-state index contributed by atoms with van der Waals surface area (Å²) in [5, 5.41) is 3.27. The summed E-state index contributed by atoms with van der Waals surface area (Å²) in [6.45, 7) is 5.69. The zero-order valence-corrected chi connectivity index (χ0v) is 8.42. The maximum Gasteiger partial charge on any atom is 0.0925 e. The van der Waals surface area contributed by atoms with Crippen molar-refractivity contribution in [3.8, 4) is 0 Å². The zero-order chi connectivity index (χ0) is 9.68. The molecular formula is C9H17N3O. The first-order chi connectivity index (χ1) is 6.24. The minimum Gasteiger partial charge on any atom is -0.380 e. The van der Waals surface area contributed by atoms with Crippen molar-refractivity contribution in [3.63, 3.8) is 0 Å². The van der Waals surface area contributed by atoms with Gasteiger partial charge in [-0.1, -0.05) is 0 Å². The van der Waals surface area contributed by atoms with Crippen molar-refractivity contribution in [3.05, 3.63) is 17.7 Å². The Balaban J connectivity index is 2.24. The molecule has 0 bridgehead atoms. The van der Waals surface area contributed by atoms with Crippen molar-refractivity contribution in [1.29, 1.82) is 0 Å². The van der Waals surface area contributed by atoms with Crippen LogP contribution in [0.5, 0.6) is 0 Å². The number of aryl methyl sites for hydroxylation is 1. The highest BCUT2D eigenvalue weighted by atomic mass is 16.5. The Kier molecular flexibility index (Phi) is 3.92. The van der Waals surface area contributed by atoms with Gasteiger partial charge in [-0.3, -0.25) is 0 Å². The average molecular weight is 183 g/mol. The number of aromatic nitrogens is 2. The third-order valence-electron chi connectivity index (χ3n) is 2.06. The molecule has 4 heteroatoms. The quantitative estimate of drug-likeness (QED) is 0.711. The zero-order valence-electron chi connectivity index (χ0n) is 8.42. The minimum absolute atomic E-state index is 0.249. The Morgan fingerprint density at radius 1 is 1.69 bits per heavy atom. The number of hydrogen-bond donors (Lipinski definition) is 2. The van der Waals surface area contributed by atoms with Gasteiger partial charge in [0.05, 0.1) is 18.1 Å². The first-order valence-corrected chi connectivity index (χ1v) is 4.46. The molecule has 0 aromatic carbocycles. The van der Waals surface area contributed by atoms with Crippen LogP contribution < -0.4 is 5.32 Å². The van der Waals surface area contributed by atoms with E-state index in [1.54, 1.807) is 13.4 Å². The second-order valence-corrected chi connectivity index (χ2v) is 3.15. The lowest BCUT2D eigenvalue weighted by Crippen LogP contribution is -2.25. The number of H-pyrrole nitrogens is 1. The van der Waals surface area contributed by atoms with Gasteiger partial charge < -0.3 is 15.0 Å². The van der Waals surface area contributed by atoms with E-state index < -0.39 is 0 Å². The molecule has 0 fully saturated rings. The smallest absolute Gasteiger partial charge is 0.0925 e. The number of methoxy groups -OCH3 is 1. The van der Waals surface area contributed by atoms with Crippen LogP contribution in [0.3, 0.4) is 0 Å². The summed E-state index contributed by atoms with van der Waals surface area (Å²) in [6, 6.07) is 0. The summed E-state index contributed by atoms with van der Waals surface area (Å²) in [5.41, 5.74) is 2.20. The normalized spacial score (nSPS) is 13.2. The van der Waals surface area contributed by atoms with Crippen molar-refractivity contribution in [1.82, 2.24) is 15.3 Å². The van der Waals surface area contributed by atoms with Crippen LogP contribution in [0, 0.1) is 6.92 Å². The monoisotopic (exact) mass is 183 g/mol. The molecule has 13 heavy (non-hydrogen) atoms. The fourth-order valence-electron chi connectivity index (χ4n) is 1.04. The molecule has 4 nitrogen and oxygen atoms in total. The Morgan fingerprint density at radius 2 is 2.46 bits per heavy atom. The summed E-state index contributed by atoms with van der Waals surface area (Å²) in [4.78, 5) is 7.22. The van der Waals surface area contributed by atoms with E-state index in [0.29, 0.717) is 0 Å². The Labute approximate surface area is 78.7 Å². The molecule has 1 aromatic heterocycles. The molecular weight excluding hydrogens is 166 g/mol. The predicted octanol–water partition coefficient (Wildman–Crippen LogP) is 0.843. The SMILES string of the molecule is COC(C)CNCc1nc[nH]c1C. The van der Waals surface area contributed by atoms with E-state index in [0.717, 1.165) is 24.5 Å². The van der Waals surface area contributed by atoms with Gasteiger partial charge in [0.15, 0.2) is 0 Å². The highest BCUT2D eigenvalue weighted by molar-refractivity contribution is 5.07. The first kappa shape index (κ1) is 10.2. The van der Waals surface area contributed by atoms with Crippen LogP contribution >= 0.6 is 0 Å². The molecule has 1 atom stereocenters. The van der Waals surface area contributed by atoms with Gasteiger partial charge in [-0.25, -0.2) is 4.98 Å². The summed E-state index contributed by atoms with van der Waals surface area (Å²) >= 11 is 0. The molecule has 1 rings (SSSR count). The van der Waals surface area contributed by atoms with E-state index in [9.17, 15) is 0 Å². The highest BCUT2D eigenvalue weighted by Gasteiger charge is 2.01. The van der Waals surface area contributed by atoms with E-state index in [-0.39, 0.29) is 6.10 Å². The summed E-state index contributed by atoms with van der Waals surface area (Å²) in [6.07, 6.45) is 1.96. The van der Waals surface area contributed by atoms with Crippen LogP contribution in [0.25, 0.3) is 0 Å². The third kappa shape index (κ3) is 3.16. The Bertz CT molecular complexity index is 247. The van der Waals surface area contributed by atoms with Crippen molar-refractivity contribution >= 4 is 0 Å². The molecule has 0 radical (unpaired) electrons. The van der Waals surface area contributed by atoms with E-state index in [4.69, 9.17) is 4.74 Å². The Hall–Kier alpha value is -0.870. The topological polar surface area (TPSA) is 49.9 Å². The number of nitrogens with one attached hydrogen (secondary N) is 2. The number of nitrogens with zero attached hydrogens (tertiary/aromatic N) is 1. The Morgan fingerprint density at radius 3 is 3.00 bits per heavy atom. The lowest BCUT2D eigenvalue weighted by molar-refractivity contribution is 0.117. The molecule has 0 aliphatic heterocycles. The summed E-state index contributed by atoms with van der Waals surface area (Å²) < 4.78 is 5.11. The largest absolute Gasteiger partial charge is 0.380 e. The van der Waals surface area contributed by atoms with Gasteiger partial charge in [0.1, 0.15) is 0 Å². The average Bonchev–Trinajstić information content (AvgIpc) is 2.52. The van der Waals surface area contributed by atoms with Gasteiger partial charge in [-0.2, -0.15) is 0 Å². The fraction of sp³-hybridized carbons (Fsp3) is 0.667. The molecule has 1 unspecified atom stereocenters. The molecule has 0 aliphatic rings. The molecule has 0 saturated heterocycles. The predicted molar refractivity (Wildman–Crippen MR) is 51.5 cm³/mol. The number of aromatic amines is 1. The number of rotatable bonds is 5. The molecule has 2 N–H and O–H groups in total. The lowest BCUT2D eigenvalue weighted by atomic mass is 10.3. The van der Waals surface area contributed by atoms with Crippen LogP contribution in [-0.4, -0.2) is 29.7 Å². The van der Waals surface area contributed by atoms with Crippen molar-refractivity contribution in [2.45, 2.75) is 26.5 Å². The molecule has 0 saturated carbocycles. The fourth-order valence-corrected chi connectivity index (χ4v) is 1.04. The summed E-state index contributed by atoms with van der Waals surface area (Å²) in [5.74, 6) is 0. The summed E-state index contributed by atoms with van der Waals surface area (Å²) in [7, 11) is 1.71. The molecule has 0 amide bonds. The lowest BCUT2D eigenvalue weighted by Gasteiger charge is -2.09. The van der Waals surface area contributed by atoms with E-state index in [1.165, 1.54) is 0 Å². The van der Waals surface area contributed by atoms with Crippen molar-refractivity contribution in [2.75, 3.05) is 13.7 Å². The molecule has 74 valence electrons. The van der Waals surface area contributed by atoms with Gasteiger partial charge in [0, 0.05) is 25.9 Å². The number of imidazole rings is 1. The van der Waals surface area contributed by atoms with Gasteiger partial charge in [-0.15, -0.1) is 0 Å². The number of ether oxygens (including phenoxy) is 1. The maximum atomic E-state index is 5.11. The second-order valence-electron chi connectivity index (χ2n) is 3.15. The van der Waals surface area contributed by atoms with Gasteiger partial charge in [-0.05, 0) is 13.8 Å². The standard InChI is InChI=1S/C9H17N3O/c1-7(13-3)4-10-5-9-8(2)11-6-12-9/h6-7,10H,4-5H2,1-3H3,(H,11,12). The van der Waals surface area contributed by atoms with Crippen LogP contribution in [-0.2, 0) is 11.3 Å². The molecule has 1 aromatic rings. The van der Waals surface area contributed by atoms with Crippen molar-refractivity contribution < 1.29 is 4.74 Å². The number of hydrogen-bond acceptors (Lipinski definition) is 3. The minimum atomic E-state index is 0.249. The molecule has 0 aliphatic carbocycles. The van der Waals surface area contributed by atoms with Gasteiger partial charge in [0.2, 0.25) is 0 Å². The van der Waals surface area contributed by atoms with E-state index >= 15 is 0 Å². The highest BCUT2D eigenvalue weighted by Crippen LogP contribution is 1.99. The first-order valence-electron chi connectivity index (χ1n) is 4.46. The maximum absolute atomic E-state index is 5.11. The van der Waals surface area contributed by atoms with Crippen LogP contribution in [0.4, 0.5) is 0 Å². The second kappa shape index (κ2) is 4.99. The van der Waals surface area contributed by atoms with Gasteiger partial charge in [0.25, 0.3) is 0 Å². The van der Waals surface area contributed by atoms with Crippen molar-refractivity contribution in [2.24, 2.45) is 0 Å². The van der Waals surface area contributed by atoms with Gasteiger partial charge >= 0.3 is 0 Å².